The standard InChI is InChI=1S/C22H18Cl2N2O4S/c1-30-20-7-2-15(3-8-20)4-11-22(27)25-18-5-9-21(10-6-18)31(28,29)26-19-13-16(23)12-17(24)14-19/h2-14,26H,1H3,(H,25,27). The molecule has 0 fully saturated rings. The number of hydrogen-bond donors (Lipinski definition) is 2. The highest BCUT2D eigenvalue weighted by atomic mass is 35.5. The van der Waals surface area contributed by atoms with Crippen LogP contribution in [0.5, 0.6) is 5.75 Å². The first kappa shape index (κ1) is 22.7. The Morgan fingerprint density at radius 1 is 0.903 bits per heavy atom. The van der Waals surface area contributed by atoms with Crippen LogP contribution in [0.25, 0.3) is 6.08 Å². The number of carbonyl (C=O) groups excluding carboxylic acids is 1. The minimum atomic E-state index is -3.85. The number of halogens is 2. The Morgan fingerprint density at radius 3 is 2.10 bits per heavy atom. The number of benzene rings is 3. The van der Waals surface area contributed by atoms with Crippen LogP contribution in [0.3, 0.4) is 0 Å². The number of sulfonamides is 1. The van der Waals surface area contributed by atoms with Crippen LogP contribution in [0.15, 0.2) is 77.7 Å². The lowest BCUT2D eigenvalue weighted by atomic mass is 10.2. The highest BCUT2D eigenvalue weighted by molar-refractivity contribution is 7.92. The maximum Gasteiger partial charge on any atom is 0.261 e. The molecule has 6 nitrogen and oxygen atoms in total. The van der Waals surface area contributed by atoms with Gasteiger partial charge in [-0.05, 0) is 66.2 Å². The average molecular weight is 477 g/mol. The summed E-state index contributed by atoms with van der Waals surface area (Å²) in [5, 5.41) is 3.30. The SMILES string of the molecule is COc1ccc(C=CC(=O)Nc2ccc(S(=O)(=O)Nc3cc(Cl)cc(Cl)c3)cc2)cc1. The predicted molar refractivity (Wildman–Crippen MR) is 124 cm³/mol. The van der Waals surface area contributed by atoms with Gasteiger partial charge < -0.3 is 10.1 Å². The lowest BCUT2D eigenvalue weighted by Gasteiger charge is -2.10. The van der Waals surface area contributed by atoms with E-state index in [1.54, 1.807) is 25.3 Å². The molecule has 0 bridgehead atoms. The fraction of sp³-hybridized carbons (Fsp3) is 0.0455. The van der Waals surface area contributed by atoms with Gasteiger partial charge in [0.25, 0.3) is 10.0 Å². The normalized spacial score (nSPS) is 11.3. The number of amides is 1. The zero-order valence-electron chi connectivity index (χ0n) is 16.3. The third-order valence-corrected chi connectivity index (χ3v) is 5.92. The van der Waals surface area contributed by atoms with E-state index in [0.717, 1.165) is 11.3 Å². The molecular formula is C22H18Cl2N2O4S. The second-order valence-electron chi connectivity index (χ2n) is 6.38. The maximum absolute atomic E-state index is 12.6. The Labute approximate surface area is 190 Å². The van der Waals surface area contributed by atoms with Crippen molar-refractivity contribution in [3.63, 3.8) is 0 Å². The third-order valence-electron chi connectivity index (χ3n) is 4.09. The van der Waals surface area contributed by atoms with E-state index in [2.05, 4.69) is 10.0 Å². The zero-order chi connectivity index (χ0) is 22.4. The number of rotatable bonds is 7. The zero-order valence-corrected chi connectivity index (χ0v) is 18.6. The number of anilines is 2. The van der Waals surface area contributed by atoms with Gasteiger partial charge in [-0.3, -0.25) is 9.52 Å². The first-order valence-corrected chi connectivity index (χ1v) is 11.2. The molecular weight excluding hydrogens is 459 g/mol. The van der Waals surface area contributed by atoms with Crippen LogP contribution in [0.1, 0.15) is 5.56 Å². The van der Waals surface area contributed by atoms with E-state index in [1.807, 2.05) is 12.1 Å². The maximum atomic E-state index is 12.6. The third kappa shape index (κ3) is 6.49. The van der Waals surface area contributed by atoms with Crippen molar-refractivity contribution in [3.05, 3.63) is 88.4 Å². The van der Waals surface area contributed by atoms with E-state index < -0.39 is 10.0 Å². The largest absolute Gasteiger partial charge is 0.497 e. The second-order valence-corrected chi connectivity index (χ2v) is 8.94. The Kier molecular flexibility index (Phi) is 7.22. The Balaban J connectivity index is 1.64. The molecule has 0 saturated heterocycles. The fourth-order valence-electron chi connectivity index (χ4n) is 2.62. The van der Waals surface area contributed by atoms with E-state index in [4.69, 9.17) is 27.9 Å². The molecule has 31 heavy (non-hydrogen) atoms. The molecule has 0 spiro atoms. The van der Waals surface area contributed by atoms with Crippen molar-refractivity contribution in [2.24, 2.45) is 0 Å². The Hall–Kier alpha value is -3.00. The Bertz CT molecular complexity index is 1190. The monoisotopic (exact) mass is 476 g/mol. The number of methoxy groups -OCH3 is 1. The van der Waals surface area contributed by atoms with Crippen LogP contribution < -0.4 is 14.8 Å². The van der Waals surface area contributed by atoms with Crippen molar-refractivity contribution >= 4 is 56.6 Å². The summed E-state index contributed by atoms with van der Waals surface area (Å²) < 4.78 is 32.6. The smallest absolute Gasteiger partial charge is 0.261 e. The van der Waals surface area contributed by atoms with Crippen LogP contribution in [-0.4, -0.2) is 21.4 Å². The molecule has 9 heteroatoms. The number of ether oxygens (including phenoxy) is 1. The molecule has 0 aliphatic heterocycles. The quantitative estimate of drug-likeness (QED) is 0.443. The van der Waals surface area contributed by atoms with E-state index in [1.165, 1.54) is 48.5 Å². The van der Waals surface area contributed by atoms with Crippen LogP contribution >= 0.6 is 23.2 Å². The van der Waals surface area contributed by atoms with Gasteiger partial charge in [-0.25, -0.2) is 8.42 Å². The van der Waals surface area contributed by atoms with Gasteiger partial charge in [0.05, 0.1) is 17.7 Å². The minimum absolute atomic E-state index is 0.0235. The van der Waals surface area contributed by atoms with Crippen LogP contribution in [0.2, 0.25) is 10.0 Å². The van der Waals surface area contributed by atoms with Gasteiger partial charge in [0.15, 0.2) is 0 Å². The molecule has 0 radical (unpaired) electrons. The molecule has 160 valence electrons. The highest BCUT2D eigenvalue weighted by Crippen LogP contribution is 2.25. The Morgan fingerprint density at radius 2 is 1.52 bits per heavy atom. The molecule has 0 atom stereocenters. The predicted octanol–water partition coefficient (Wildman–Crippen LogP) is 5.45. The molecule has 0 unspecified atom stereocenters. The number of nitrogens with one attached hydrogen (secondary N) is 2. The summed E-state index contributed by atoms with van der Waals surface area (Å²) in [6, 6.07) is 17.4. The minimum Gasteiger partial charge on any atom is -0.497 e. The average Bonchev–Trinajstić information content (AvgIpc) is 2.72. The van der Waals surface area contributed by atoms with E-state index >= 15 is 0 Å². The summed E-state index contributed by atoms with van der Waals surface area (Å²) in [5.74, 6) is 0.378. The fourth-order valence-corrected chi connectivity index (χ4v) is 4.18. The molecule has 0 aliphatic rings. The molecule has 2 N–H and O–H groups in total. The summed E-state index contributed by atoms with van der Waals surface area (Å²) in [7, 11) is -2.27. The summed E-state index contributed by atoms with van der Waals surface area (Å²) in [6.07, 6.45) is 3.05. The first-order chi connectivity index (χ1) is 14.7. The van der Waals surface area contributed by atoms with Crippen molar-refractivity contribution < 1.29 is 17.9 Å². The lowest BCUT2D eigenvalue weighted by Crippen LogP contribution is -2.13. The topological polar surface area (TPSA) is 84.5 Å². The first-order valence-electron chi connectivity index (χ1n) is 8.97. The van der Waals surface area contributed by atoms with Crippen LogP contribution in [0, 0.1) is 0 Å². The molecule has 0 heterocycles. The van der Waals surface area contributed by atoms with E-state index in [-0.39, 0.29) is 16.5 Å². The molecule has 0 saturated carbocycles. The van der Waals surface area contributed by atoms with Crippen molar-refractivity contribution in [2.75, 3.05) is 17.1 Å². The van der Waals surface area contributed by atoms with Gasteiger partial charge in [0.2, 0.25) is 5.91 Å². The highest BCUT2D eigenvalue weighted by Gasteiger charge is 2.15. The van der Waals surface area contributed by atoms with Crippen molar-refractivity contribution in [3.8, 4) is 5.75 Å². The van der Waals surface area contributed by atoms with Gasteiger partial charge >= 0.3 is 0 Å². The summed E-state index contributed by atoms with van der Waals surface area (Å²) in [4.78, 5) is 12.1. The van der Waals surface area contributed by atoms with Gasteiger partial charge in [-0.15, -0.1) is 0 Å². The summed E-state index contributed by atoms with van der Waals surface area (Å²) in [6.45, 7) is 0. The summed E-state index contributed by atoms with van der Waals surface area (Å²) >= 11 is 11.8. The van der Waals surface area contributed by atoms with Gasteiger partial charge in [0.1, 0.15) is 5.75 Å². The van der Waals surface area contributed by atoms with Crippen molar-refractivity contribution in [1.82, 2.24) is 0 Å². The van der Waals surface area contributed by atoms with Crippen molar-refractivity contribution in [2.45, 2.75) is 4.90 Å². The van der Waals surface area contributed by atoms with Crippen LogP contribution in [0.4, 0.5) is 11.4 Å². The molecule has 3 aromatic rings. The van der Waals surface area contributed by atoms with Crippen molar-refractivity contribution in [1.29, 1.82) is 0 Å². The molecule has 1 amide bonds. The van der Waals surface area contributed by atoms with E-state index in [0.29, 0.717) is 15.7 Å². The van der Waals surface area contributed by atoms with Crippen LogP contribution in [-0.2, 0) is 14.8 Å². The molecule has 0 aliphatic carbocycles. The van der Waals surface area contributed by atoms with Gasteiger partial charge in [-0.2, -0.15) is 0 Å². The number of hydrogen-bond acceptors (Lipinski definition) is 4. The second kappa shape index (κ2) is 9.87. The van der Waals surface area contributed by atoms with E-state index in [9.17, 15) is 13.2 Å². The van der Waals surface area contributed by atoms with Gasteiger partial charge in [-0.1, -0.05) is 35.3 Å². The molecule has 0 aromatic heterocycles. The molecule has 3 aromatic carbocycles. The summed E-state index contributed by atoms with van der Waals surface area (Å²) in [5.41, 5.74) is 1.54. The lowest BCUT2D eigenvalue weighted by molar-refractivity contribution is -0.111. The number of carbonyl (C=O) groups is 1. The van der Waals surface area contributed by atoms with Gasteiger partial charge in [0, 0.05) is 21.8 Å². The molecule has 3 rings (SSSR count).